The SMILES string of the molecule is Cc1cccc(/C=C2\SC(=S)N(C[NH+]3CCCCC3)C2=O)c1. The molecule has 0 aliphatic carbocycles. The van der Waals surface area contributed by atoms with Gasteiger partial charge in [-0.25, -0.2) is 4.90 Å². The van der Waals surface area contributed by atoms with Crippen LogP contribution in [0, 0.1) is 6.92 Å². The summed E-state index contributed by atoms with van der Waals surface area (Å²) in [5.74, 6) is 0.0644. The van der Waals surface area contributed by atoms with Gasteiger partial charge in [-0.05, 0) is 37.8 Å². The smallest absolute Gasteiger partial charge is 0.270 e. The van der Waals surface area contributed by atoms with Crippen molar-refractivity contribution < 1.29 is 9.69 Å². The number of aryl methyl sites for hydroxylation is 1. The Morgan fingerprint density at radius 1 is 1.32 bits per heavy atom. The number of quaternary nitrogens is 1. The van der Waals surface area contributed by atoms with Crippen molar-refractivity contribution in [3.05, 3.63) is 40.3 Å². The van der Waals surface area contributed by atoms with Gasteiger partial charge in [0, 0.05) is 0 Å². The maximum atomic E-state index is 12.6. The minimum Gasteiger partial charge on any atom is -0.317 e. The van der Waals surface area contributed by atoms with Crippen molar-refractivity contribution in [1.82, 2.24) is 4.90 Å². The van der Waals surface area contributed by atoms with Crippen molar-refractivity contribution >= 4 is 40.3 Å². The molecule has 3 rings (SSSR count). The molecule has 2 heterocycles. The van der Waals surface area contributed by atoms with Gasteiger partial charge in [0.25, 0.3) is 5.91 Å². The molecular formula is C17H21N2OS2+. The summed E-state index contributed by atoms with van der Waals surface area (Å²) in [6.45, 7) is 5.07. The summed E-state index contributed by atoms with van der Waals surface area (Å²) < 4.78 is 0.696. The van der Waals surface area contributed by atoms with Crippen molar-refractivity contribution in [3.63, 3.8) is 0 Å². The number of carbonyl (C=O) groups is 1. The zero-order chi connectivity index (χ0) is 15.5. The monoisotopic (exact) mass is 333 g/mol. The predicted molar refractivity (Wildman–Crippen MR) is 95.6 cm³/mol. The van der Waals surface area contributed by atoms with E-state index in [1.54, 1.807) is 4.90 Å². The van der Waals surface area contributed by atoms with Gasteiger partial charge in [-0.15, -0.1) is 0 Å². The summed E-state index contributed by atoms with van der Waals surface area (Å²) in [7, 11) is 0. The average Bonchev–Trinajstić information content (AvgIpc) is 2.76. The fourth-order valence-electron chi connectivity index (χ4n) is 2.98. The third kappa shape index (κ3) is 3.59. The highest BCUT2D eigenvalue weighted by atomic mass is 32.2. The summed E-state index contributed by atoms with van der Waals surface area (Å²) in [6, 6.07) is 8.18. The minimum absolute atomic E-state index is 0.0644. The van der Waals surface area contributed by atoms with Gasteiger partial charge < -0.3 is 4.90 Å². The first-order chi connectivity index (χ1) is 10.6. The number of thiocarbonyl (C=S) groups is 1. The molecule has 116 valence electrons. The van der Waals surface area contributed by atoms with E-state index < -0.39 is 0 Å². The maximum Gasteiger partial charge on any atom is 0.270 e. The average molecular weight is 334 g/mol. The number of piperidine rings is 1. The molecule has 5 heteroatoms. The molecular weight excluding hydrogens is 312 g/mol. The lowest BCUT2D eigenvalue weighted by Crippen LogP contribution is -3.14. The Labute approximate surface area is 141 Å². The summed E-state index contributed by atoms with van der Waals surface area (Å²) in [6.07, 6.45) is 5.78. The summed E-state index contributed by atoms with van der Waals surface area (Å²) >= 11 is 6.85. The second kappa shape index (κ2) is 6.94. The van der Waals surface area contributed by atoms with Gasteiger partial charge in [0.05, 0.1) is 18.0 Å². The number of benzene rings is 1. The highest BCUT2D eigenvalue weighted by molar-refractivity contribution is 8.26. The lowest BCUT2D eigenvalue weighted by Gasteiger charge is -2.27. The Morgan fingerprint density at radius 2 is 2.09 bits per heavy atom. The molecule has 0 radical (unpaired) electrons. The molecule has 0 saturated carbocycles. The molecule has 0 atom stereocenters. The zero-order valence-electron chi connectivity index (χ0n) is 12.8. The number of nitrogens with zero attached hydrogens (tertiary/aromatic N) is 1. The minimum atomic E-state index is 0.0644. The Kier molecular flexibility index (Phi) is 4.96. The van der Waals surface area contributed by atoms with Gasteiger partial charge in [0.2, 0.25) is 0 Å². The topological polar surface area (TPSA) is 24.8 Å². The third-order valence-electron chi connectivity index (χ3n) is 4.16. The lowest BCUT2D eigenvalue weighted by atomic mass is 10.1. The van der Waals surface area contributed by atoms with Crippen molar-refractivity contribution in [2.45, 2.75) is 26.2 Å². The van der Waals surface area contributed by atoms with Crippen LogP contribution < -0.4 is 4.90 Å². The van der Waals surface area contributed by atoms with Crippen LogP contribution in [-0.2, 0) is 4.79 Å². The molecule has 2 aliphatic rings. The van der Waals surface area contributed by atoms with E-state index in [1.165, 1.54) is 41.5 Å². The second-order valence-electron chi connectivity index (χ2n) is 5.99. The van der Waals surface area contributed by atoms with Crippen LogP contribution >= 0.6 is 24.0 Å². The molecule has 2 fully saturated rings. The predicted octanol–water partition coefficient (Wildman–Crippen LogP) is 2.22. The van der Waals surface area contributed by atoms with E-state index in [9.17, 15) is 4.79 Å². The van der Waals surface area contributed by atoms with Gasteiger partial charge in [0.15, 0.2) is 11.0 Å². The standard InChI is InChI=1S/C17H20N2OS2/c1-13-6-5-7-14(10-13)11-15-16(20)19(17(21)22-15)12-18-8-3-2-4-9-18/h5-7,10-11H,2-4,8-9,12H2,1H3/p+1/b15-11-. The molecule has 1 N–H and O–H groups in total. The largest absolute Gasteiger partial charge is 0.317 e. The molecule has 22 heavy (non-hydrogen) atoms. The van der Waals surface area contributed by atoms with Crippen LogP contribution in [0.3, 0.4) is 0 Å². The van der Waals surface area contributed by atoms with Crippen LogP contribution in [0.2, 0.25) is 0 Å². The van der Waals surface area contributed by atoms with Crippen LogP contribution in [0.5, 0.6) is 0 Å². The molecule has 3 nitrogen and oxygen atoms in total. The quantitative estimate of drug-likeness (QED) is 0.678. The van der Waals surface area contributed by atoms with Crippen molar-refractivity contribution in [1.29, 1.82) is 0 Å². The van der Waals surface area contributed by atoms with Crippen LogP contribution in [0.4, 0.5) is 0 Å². The molecule has 1 amide bonds. The first-order valence-electron chi connectivity index (χ1n) is 7.79. The normalized spacial score (nSPS) is 21.9. The fourth-order valence-corrected chi connectivity index (χ4v) is 4.24. The van der Waals surface area contributed by atoms with Crippen molar-refractivity contribution in [2.24, 2.45) is 0 Å². The fraction of sp³-hybridized carbons (Fsp3) is 0.412. The number of amides is 1. The summed E-state index contributed by atoms with van der Waals surface area (Å²) in [5, 5.41) is 0. The Morgan fingerprint density at radius 3 is 2.82 bits per heavy atom. The third-order valence-corrected chi connectivity index (χ3v) is 5.53. The van der Waals surface area contributed by atoms with Gasteiger partial charge in [-0.2, -0.15) is 0 Å². The maximum absolute atomic E-state index is 12.6. The first kappa shape index (κ1) is 15.7. The molecule has 2 aliphatic heterocycles. The van der Waals surface area contributed by atoms with Gasteiger partial charge in [0.1, 0.15) is 0 Å². The van der Waals surface area contributed by atoms with E-state index in [0.717, 1.165) is 30.2 Å². The molecule has 0 aromatic heterocycles. The second-order valence-corrected chi connectivity index (χ2v) is 7.67. The Bertz CT molecular complexity index is 621. The lowest BCUT2D eigenvalue weighted by molar-refractivity contribution is -0.911. The number of nitrogens with one attached hydrogen (secondary N) is 1. The van der Waals surface area contributed by atoms with Gasteiger partial charge in [-0.3, -0.25) is 4.79 Å². The van der Waals surface area contributed by atoms with Gasteiger partial charge in [-0.1, -0.05) is 53.8 Å². The Hall–Kier alpha value is -1.17. The highest BCUT2D eigenvalue weighted by Crippen LogP contribution is 2.31. The molecule has 1 aromatic rings. The zero-order valence-corrected chi connectivity index (χ0v) is 14.4. The summed E-state index contributed by atoms with van der Waals surface area (Å²) in [4.78, 5) is 16.6. The number of rotatable bonds is 3. The number of thioether (sulfide) groups is 1. The van der Waals surface area contributed by atoms with Crippen molar-refractivity contribution in [3.8, 4) is 0 Å². The highest BCUT2D eigenvalue weighted by Gasteiger charge is 2.34. The molecule has 0 spiro atoms. The van der Waals surface area contributed by atoms with Crippen LogP contribution in [0.25, 0.3) is 6.08 Å². The van der Waals surface area contributed by atoms with E-state index >= 15 is 0 Å². The molecule has 2 saturated heterocycles. The number of carbonyl (C=O) groups excluding carboxylic acids is 1. The number of hydrogen-bond acceptors (Lipinski definition) is 3. The van der Waals surface area contributed by atoms with E-state index in [2.05, 4.69) is 19.1 Å². The molecule has 0 bridgehead atoms. The number of hydrogen-bond donors (Lipinski definition) is 1. The van der Waals surface area contributed by atoms with E-state index in [4.69, 9.17) is 12.2 Å². The first-order valence-corrected chi connectivity index (χ1v) is 9.01. The van der Waals surface area contributed by atoms with E-state index in [1.807, 2.05) is 18.2 Å². The van der Waals surface area contributed by atoms with Crippen LogP contribution in [0.1, 0.15) is 30.4 Å². The van der Waals surface area contributed by atoms with Crippen molar-refractivity contribution in [2.75, 3.05) is 19.8 Å². The summed E-state index contributed by atoms with van der Waals surface area (Å²) in [5.41, 5.74) is 2.26. The van der Waals surface area contributed by atoms with E-state index in [0.29, 0.717) is 4.32 Å². The Balaban J connectivity index is 1.73. The van der Waals surface area contributed by atoms with Crippen LogP contribution in [-0.4, -0.2) is 34.9 Å². The molecule has 0 unspecified atom stereocenters. The van der Waals surface area contributed by atoms with E-state index in [-0.39, 0.29) is 5.91 Å². The van der Waals surface area contributed by atoms with Crippen LogP contribution in [0.15, 0.2) is 29.2 Å². The van der Waals surface area contributed by atoms with Gasteiger partial charge >= 0.3 is 0 Å². The molecule has 1 aromatic carbocycles. The number of likely N-dealkylation sites (tertiary alicyclic amines) is 1.